The summed E-state index contributed by atoms with van der Waals surface area (Å²) in [5.74, 6) is -1.27. The van der Waals surface area contributed by atoms with Gasteiger partial charge < -0.3 is 5.11 Å². The predicted octanol–water partition coefficient (Wildman–Crippen LogP) is 2.28. The highest BCUT2D eigenvalue weighted by atomic mass is 32.2. The lowest BCUT2D eigenvalue weighted by molar-refractivity contribution is -0.137. The Morgan fingerprint density at radius 2 is 1.95 bits per heavy atom. The molecule has 9 heteroatoms. The molecule has 0 aliphatic carbocycles. The van der Waals surface area contributed by atoms with Gasteiger partial charge in [-0.15, -0.1) is 0 Å². The molecule has 1 rings (SSSR count). The highest BCUT2D eigenvalue weighted by molar-refractivity contribution is 7.89. The zero-order valence-corrected chi connectivity index (χ0v) is 11.9. The fraction of sp³-hybridized carbons (Fsp3) is 0.500. The molecule has 0 saturated heterocycles. The molecule has 120 valence electrons. The summed E-state index contributed by atoms with van der Waals surface area (Å²) < 4.78 is 77.3. The van der Waals surface area contributed by atoms with Crippen molar-refractivity contribution in [1.82, 2.24) is 4.72 Å². The van der Waals surface area contributed by atoms with E-state index in [0.717, 1.165) is 0 Å². The fourth-order valence-corrected chi connectivity index (χ4v) is 3.13. The van der Waals surface area contributed by atoms with Crippen LogP contribution in [0.25, 0.3) is 0 Å². The first-order chi connectivity index (χ1) is 9.61. The predicted molar refractivity (Wildman–Crippen MR) is 67.5 cm³/mol. The van der Waals surface area contributed by atoms with Crippen LogP contribution in [0.1, 0.15) is 25.3 Å². The molecule has 1 atom stereocenters. The smallest absolute Gasteiger partial charge is 0.396 e. The van der Waals surface area contributed by atoms with E-state index in [2.05, 4.69) is 4.72 Å². The zero-order valence-electron chi connectivity index (χ0n) is 11.1. The van der Waals surface area contributed by atoms with Crippen LogP contribution in [0.15, 0.2) is 23.1 Å². The van der Waals surface area contributed by atoms with Crippen molar-refractivity contribution in [3.8, 4) is 0 Å². The van der Waals surface area contributed by atoms with Crippen molar-refractivity contribution in [3.63, 3.8) is 0 Å². The molecule has 0 aliphatic rings. The summed E-state index contributed by atoms with van der Waals surface area (Å²) in [5, 5.41) is 8.78. The van der Waals surface area contributed by atoms with Crippen molar-refractivity contribution >= 4 is 10.0 Å². The minimum Gasteiger partial charge on any atom is -0.396 e. The molecule has 21 heavy (non-hydrogen) atoms. The Bertz CT molecular complexity index is 587. The van der Waals surface area contributed by atoms with E-state index >= 15 is 0 Å². The summed E-state index contributed by atoms with van der Waals surface area (Å²) in [6, 6.07) is 0.501. The van der Waals surface area contributed by atoms with Crippen molar-refractivity contribution in [2.24, 2.45) is 0 Å². The van der Waals surface area contributed by atoms with E-state index in [0.29, 0.717) is 18.6 Å². The molecular formula is C12H15F4NO3S. The number of hydrogen-bond acceptors (Lipinski definition) is 3. The number of rotatable bonds is 6. The van der Waals surface area contributed by atoms with Crippen molar-refractivity contribution in [2.75, 3.05) is 6.61 Å². The van der Waals surface area contributed by atoms with E-state index in [1.807, 2.05) is 0 Å². The molecule has 0 saturated carbocycles. The number of nitrogens with one attached hydrogen (secondary N) is 1. The molecule has 0 bridgehead atoms. The van der Waals surface area contributed by atoms with Crippen LogP contribution in [0.5, 0.6) is 0 Å². The van der Waals surface area contributed by atoms with Gasteiger partial charge in [0, 0.05) is 12.6 Å². The minimum atomic E-state index is -4.77. The molecule has 1 aromatic carbocycles. The lowest BCUT2D eigenvalue weighted by Gasteiger charge is -2.17. The third kappa shape index (κ3) is 4.65. The van der Waals surface area contributed by atoms with Gasteiger partial charge in [0.2, 0.25) is 10.0 Å². The first-order valence-corrected chi connectivity index (χ1v) is 7.60. The normalized spacial score (nSPS) is 14.2. The van der Waals surface area contributed by atoms with Crippen LogP contribution in [-0.4, -0.2) is 26.2 Å². The minimum absolute atomic E-state index is 0.0797. The summed E-state index contributed by atoms with van der Waals surface area (Å²) in [7, 11) is -4.44. The number of aliphatic hydroxyl groups is 1. The molecular weight excluding hydrogens is 314 g/mol. The highest BCUT2D eigenvalue weighted by Gasteiger charge is 2.33. The van der Waals surface area contributed by atoms with Gasteiger partial charge in [-0.2, -0.15) is 13.2 Å². The first-order valence-electron chi connectivity index (χ1n) is 6.11. The average Bonchev–Trinajstić information content (AvgIpc) is 2.36. The monoisotopic (exact) mass is 329 g/mol. The van der Waals surface area contributed by atoms with E-state index in [1.165, 1.54) is 0 Å². The van der Waals surface area contributed by atoms with Gasteiger partial charge in [-0.05, 0) is 31.0 Å². The molecule has 0 aromatic heterocycles. The van der Waals surface area contributed by atoms with Gasteiger partial charge in [0.25, 0.3) is 0 Å². The van der Waals surface area contributed by atoms with Gasteiger partial charge >= 0.3 is 6.18 Å². The molecule has 0 amide bonds. The standard InChI is InChI=1S/C12H15F4NO3S/c1-2-9(5-6-18)17-21(19,20)11-7-8(12(14,15)16)3-4-10(11)13/h3-4,7,9,17-18H,2,5-6H2,1H3. The van der Waals surface area contributed by atoms with Crippen molar-refractivity contribution in [1.29, 1.82) is 0 Å². The molecule has 0 fully saturated rings. The molecule has 0 spiro atoms. The Labute approximate surface area is 119 Å². The van der Waals surface area contributed by atoms with Crippen molar-refractivity contribution in [2.45, 2.75) is 36.9 Å². The van der Waals surface area contributed by atoms with Crippen LogP contribution >= 0.6 is 0 Å². The molecule has 0 heterocycles. The molecule has 1 unspecified atom stereocenters. The second-order valence-corrected chi connectivity index (χ2v) is 6.06. The molecule has 0 radical (unpaired) electrons. The first kappa shape index (κ1) is 17.9. The van der Waals surface area contributed by atoms with E-state index in [9.17, 15) is 26.0 Å². The maximum atomic E-state index is 13.6. The van der Waals surface area contributed by atoms with Crippen LogP contribution in [0, 0.1) is 5.82 Å². The van der Waals surface area contributed by atoms with Crippen LogP contribution in [0.3, 0.4) is 0 Å². The van der Waals surface area contributed by atoms with Crippen LogP contribution in [0.2, 0.25) is 0 Å². The van der Waals surface area contributed by atoms with E-state index in [-0.39, 0.29) is 19.1 Å². The van der Waals surface area contributed by atoms with E-state index in [4.69, 9.17) is 5.11 Å². The summed E-state index contributed by atoms with van der Waals surface area (Å²) in [6.07, 6.45) is -4.39. The average molecular weight is 329 g/mol. The Balaban J connectivity index is 3.19. The number of aliphatic hydroxyl groups excluding tert-OH is 1. The third-order valence-electron chi connectivity index (χ3n) is 2.84. The van der Waals surface area contributed by atoms with Gasteiger partial charge in [-0.25, -0.2) is 17.5 Å². The number of halogens is 4. The summed E-state index contributed by atoms with van der Waals surface area (Å²) in [5.41, 5.74) is -1.25. The van der Waals surface area contributed by atoms with E-state index in [1.54, 1.807) is 6.92 Å². The topological polar surface area (TPSA) is 66.4 Å². The summed E-state index contributed by atoms with van der Waals surface area (Å²) >= 11 is 0. The highest BCUT2D eigenvalue weighted by Crippen LogP contribution is 2.31. The Kier molecular flexibility index (Phi) is 5.71. The number of hydrogen-bond donors (Lipinski definition) is 2. The molecule has 4 nitrogen and oxygen atoms in total. The molecule has 2 N–H and O–H groups in total. The summed E-state index contributed by atoms with van der Waals surface area (Å²) in [4.78, 5) is -1.06. The number of alkyl halides is 3. The maximum Gasteiger partial charge on any atom is 0.416 e. The third-order valence-corrected chi connectivity index (χ3v) is 4.38. The van der Waals surface area contributed by atoms with Crippen LogP contribution in [-0.2, 0) is 16.2 Å². The fourth-order valence-electron chi connectivity index (χ4n) is 1.67. The van der Waals surface area contributed by atoms with E-state index < -0.39 is 38.5 Å². The SMILES string of the molecule is CCC(CCO)NS(=O)(=O)c1cc(C(F)(F)F)ccc1F. The van der Waals surface area contributed by atoms with Gasteiger partial charge in [-0.1, -0.05) is 6.92 Å². The van der Waals surface area contributed by atoms with Crippen LogP contribution < -0.4 is 4.72 Å². The number of sulfonamides is 1. The Hall–Kier alpha value is -1.19. The van der Waals surface area contributed by atoms with Gasteiger partial charge in [0.15, 0.2) is 0 Å². The van der Waals surface area contributed by atoms with Crippen molar-refractivity contribution in [3.05, 3.63) is 29.6 Å². The van der Waals surface area contributed by atoms with Crippen molar-refractivity contribution < 1.29 is 31.1 Å². The largest absolute Gasteiger partial charge is 0.416 e. The van der Waals surface area contributed by atoms with Gasteiger partial charge in [-0.3, -0.25) is 0 Å². The lowest BCUT2D eigenvalue weighted by atomic mass is 10.2. The summed E-state index contributed by atoms with van der Waals surface area (Å²) in [6.45, 7) is 1.33. The quantitative estimate of drug-likeness (QED) is 0.787. The lowest BCUT2D eigenvalue weighted by Crippen LogP contribution is -2.35. The zero-order chi connectivity index (χ0) is 16.3. The van der Waals surface area contributed by atoms with Gasteiger partial charge in [0.05, 0.1) is 5.56 Å². The second kappa shape index (κ2) is 6.71. The van der Waals surface area contributed by atoms with Crippen LogP contribution in [0.4, 0.5) is 17.6 Å². The second-order valence-electron chi connectivity index (χ2n) is 4.38. The molecule has 1 aromatic rings. The molecule has 0 aliphatic heterocycles. The maximum absolute atomic E-state index is 13.6. The Morgan fingerprint density at radius 1 is 1.33 bits per heavy atom. The Morgan fingerprint density at radius 3 is 2.43 bits per heavy atom. The van der Waals surface area contributed by atoms with Gasteiger partial charge in [0.1, 0.15) is 10.7 Å². The number of benzene rings is 1.